The van der Waals surface area contributed by atoms with Gasteiger partial charge in [-0.2, -0.15) is 4.31 Å². The van der Waals surface area contributed by atoms with Gasteiger partial charge in [-0.25, -0.2) is 8.42 Å². The van der Waals surface area contributed by atoms with E-state index in [9.17, 15) is 18.0 Å². The van der Waals surface area contributed by atoms with Crippen LogP contribution in [0, 0.1) is 6.92 Å². The SMILES string of the molecule is COCCN(CCC(=O)OC)S(=O)(=O)c1sc(=O)[nH]c1C. The number of aryl methyl sites for hydroxylation is 1. The highest BCUT2D eigenvalue weighted by atomic mass is 32.2. The number of carbonyl (C=O) groups is 1. The van der Waals surface area contributed by atoms with Crippen molar-refractivity contribution in [3.05, 3.63) is 15.4 Å². The molecule has 0 aromatic carbocycles. The van der Waals surface area contributed by atoms with Crippen LogP contribution in [0.3, 0.4) is 0 Å². The number of methoxy groups -OCH3 is 2. The van der Waals surface area contributed by atoms with Gasteiger partial charge >= 0.3 is 10.8 Å². The van der Waals surface area contributed by atoms with Gasteiger partial charge in [0, 0.05) is 25.9 Å². The van der Waals surface area contributed by atoms with Crippen LogP contribution in [-0.2, 0) is 24.3 Å². The first kappa shape index (κ1) is 17.8. The third-order valence-electron chi connectivity index (χ3n) is 2.69. The molecule has 0 radical (unpaired) electrons. The summed E-state index contributed by atoms with van der Waals surface area (Å²) in [7, 11) is -1.17. The normalized spacial score (nSPS) is 11.8. The number of rotatable bonds is 8. The molecule has 120 valence electrons. The summed E-state index contributed by atoms with van der Waals surface area (Å²) in [6.45, 7) is 1.74. The number of nitrogens with one attached hydrogen (secondary N) is 1. The van der Waals surface area contributed by atoms with Crippen molar-refractivity contribution >= 4 is 27.3 Å². The van der Waals surface area contributed by atoms with E-state index >= 15 is 0 Å². The van der Waals surface area contributed by atoms with E-state index < -0.39 is 20.9 Å². The van der Waals surface area contributed by atoms with Crippen LogP contribution in [0.1, 0.15) is 12.1 Å². The predicted octanol–water partition coefficient (Wildman–Crippen LogP) is -0.0550. The first-order valence-corrected chi connectivity index (χ1v) is 8.34. The first-order chi connectivity index (χ1) is 9.82. The zero-order chi connectivity index (χ0) is 16.0. The zero-order valence-electron chi connectivity index (χ0n) is 12.0. The molecule has 10 heteroatoms. The number of H-pyrrole nitrogens is 1. The van der Waals surface area contributed by atoms with Crippen molar-refractivity contribution in [1.82, 2.24) is 9.29 Å². The molecule has 0 atom stereocenters. The van der Waals surface area contributed by atoms with Gasteiger partial charge in [0.1, 0.15) is 0 Å². The number of thiazole rings is 1. The molecule has 21 heavy (non-hydrogen) atoms. The number of sulfonamides is 1. The molecular weight excluding hydrogens is 320 g/mol. The van der Waals surface area contributed by atoms with Gasteiger partial charge in [-0.1, -0.05) is 11.3 Å². The van der Waals surface area contributed by atoms with Crippen molar-refractivity contribution < 1.29 is 22.7 Å². The molecule has 0 fully saturated rings. The van der Waals surface area contributed by atoms with Crippen LogP contribution in [-0.4, -0.2) is 57.6 Å². The van der Waals surface area contributed by atoms with Crippen LogP contribution < -0.4 is 4.87 Å². The van der Waals surface area contributed by atoms with Crippen LogP contribution >= 0.6 is 11.3 Å². The maximum absolute atomic E-state index is 12.5. The van der Waals surface area contributed by atoms with Gasteiger partial charge in [-0.05, 0) is 6.92 Å². The summed E-state index contributed by atoms with van der Waals surface area (Å²) in [5, 5.41) is 0. The van der Waals surface area contributed by atoms with E-state index in [1.54, 1.807) is 0 Å². The highest BCUT2D eigenvalue weighted by molar-refractivity contribution is 7.91. The fraction of sp³-hybridized carbons (Fsp3) is 0.636. The Morgan fingerprint density at radius 3 is 2.48 bits per heavy atom. The molecule has 0 aliphatic carbocycles. The summed E-state index contributed by atoms with van der Waals surface area (Å²) in [4.78, 5) is 24.5. The largest absolute Gasteiger partial charge is 0.469 e. The Bertz CT molecular complexity index is 633. The Kier molecular flexibility index (Phi) is 6.52. The maximum atomic E-state index is 12.5. The molecule has 0 aliphatic heterocycles. The average molecular weight is 338 g/mol. The first-order valence-electron chi connectivity index (χ1n) is 6.08. The summed E-state index contributed by atoms with van der Waals surface area (Å²) in [5.74, 6) is -0.508. The molecule has 1 rings (SSSR count). The molecule has 1 N–H and O–H groups in total. The third-order valence-corrected chi connectivity index (χ3v) is 6.17. The summed E-state index contributed by atoms with van der Waals surface area (Å²) in [5.41, 5.74) is 0.283. The van der Waals surface area contributed by atoms with E-state index in [2.05, 4.69) is 9.72 Å². The maximum Gasteiger partial charge on any atom is 0.306 e. The Morgan fingerprint density at radius 1 is 1.33 bits per heavy atom. The lowest BCUT2D eigenvalue weighted by molar-refractivity contribution is -0.140. The van der Waals surface area contributed by atoms with Crippen molar-refractivity contribution in [2.75, 3.05) is 33.9 Å². The second kappa shape index (κ2) is 7.69. The van der Waals surface area contributed by atoms with E-state index in [0.29, 0.717) is 11.3 Å². The van der Waals surface area contributed by atoms with Gasteiger partial charge in [-0.15, -0.1) is 0 Å². The fourth-order valence-electron chi connectivity index (χ4n) is 1.62. The summed E-state index contributed by atoms with van der Waals surface area (Å²) in [6, 6.07) is 0. The second-order valence-electron chi connectivity index (χ2n) is 4.15. The van der Waals surface area contributed by atoms with Gasteiger partial charge in [0.15, 0.2) is 4.21 Å². The minimum absolute atomic E-state index is 0.0378. The number of aromatic amines is 1. The smallest absolute Gasteiger partial charge is 0.306 e. The minimum Gasteiger partial charge on any atom is -0.469 e. The molecule has 8 nitrogen and oxygen atoms in total. The van der Waals surface area contributed by atoms with E-state index in [4.69, 9.17) is 4.74 Å². The van der Waals surface area contributed by atoms with Gasteiger partial charge < -0.3 is 14.5 Å². The highest BCUT2D eigenvalue weighted by Crippen LogP contribution is 2.21. The van der Waals surface area contributed by atoms with Crippen LogP contribution in [0.25, 0.3) is 0 Å². The quantitative estimate of drug-likeness (QED) is 0.666. The molecule has 1 aromatic rings. The molecular formula is C11H18N2O6S2. The van der Waals surface area contributed by atoms with Crippen molar-refractivity contribution in [2.24, 2.45) is 0 Å². The number of hydrogen-bond donors (Lipinski definition) is 1. The molecule has 0 saturated carbocycles. The predicted molar refractivity (Wildman–Crippen MR) is 76.9 cm³/mol. The number of esters is 1. The minimum atomic E-state index is -3.85. The number of nitrogens with zero attached hydrogens (tertiary/aromatic N) is 1. The highest BCUT2D eigenvalue weighted by Gasteiger charge is 2.28. The topological polar surface area (TPSA) is 106 Å². The van der Waals surface area contributed by atoms with Gasteiger partial charge in [0.05, 0.1) is 20.1 Å². The van der Waals surface area contributed by atoms with Crippen molar-refractivity contribution in [3.8, 4) is 0 Å². The summed E-state index contributed by atoms with van der Waals surface area (Å²) >= 11 is 0.625. The van der Waals surface area contributed by atoms with Gasteiger partial charge in [-0.3, -0.25) is 9.59 Å². The van der Waals surface area contributed by atoms with E-state index in [0.717, 1.165) is 4.31 Å². The standard InChI is InChI=1S/C11H18N2O6S2/c1-8-10(20-11(15)12-8)21(16,17)13(6-7-18-2)5-4-9(14)19-3/h4-7H2,1-3H3,(H,12,15). The van der Waals surface area contributed by atoms with E-state index in [1.165, 1.54) is 21.1 Å². The Balaban J connectivity index is 3.02. The molecule has 0 amide bonds. The number of ether oxygens (including phenoxy) is 2. The monoisotopic (exact) mass is 338 g/mol. The van der Waals surface area contributed by atoms with Gasteiger partial charge in [0.2, 0.25) is 0 Å². The van der Waals surface area contributed by atoms with Crippen LogP contribution in [0.15, 0.2) is 9.00 Å². The lowest BCUT2D eigenvalue weighted by Crippen LogP contribution is -2.35. The molecule has 1 heterocycles. The molecule has 0 aliphatic rings. The Labute approximate surface area is 126 Å². The van der Waals surface area contributed by atoms with Gasteiger partial charge in [0.25, 0.3) is 10.0 Å². The second-order valence-corrected chi connectivity index (χ2v) is 7.27. The van der Waals surface area contributed by atoms with Crippen LogP contribution in [0.2, 0.25) is 0 Å². The third kappa shape index (κ3) is 4.63. The molecule has 0 bridgehead atoms. The van der Waals surface area contributed by atoms with E-state index in [1.807, 2.05) is 0 Å². The summed E-state index contributed by atoms with van der Waals surface area (Å²) < 4.78 is 35.5. The molecule has 0 spiro atoms. The van der Waals surface area contributed by atoms with E-state index in [-0.39, 0.29) is 36.0 Å². The Hall–Kier alpha value is -1.23. The fourth-order valence-corrected chi connectivity index (χ4v) is 4.48. The lowest BCUT2D eigenvalue weighted by atomic mass is 10.4. The number of hydrogen-bond acceptors (Lipinski definition) is 7. The van der Waals surface area contributed by atoms with Crippen LogP contribution in [0.4, 0.5) is 0 Å². The number of carbonyl (C=O) groups excluding carboxylic acids is 1. The summed E-state index contributed by atoms with van der Waals surface area (Å²) in [6.07, 6.45) is -0.0716. The molecule has 0 unspecified atom stereocenters. The Morgan fingerprint density at radius 2 is 2.00 bits per heavy atom. The van der Waals surface area contributed by atoms with Crippen LogP contribution in [0.5, 0.6) is 0 Å². The number of aromatic nitrogens is 1. The zero-order valence-corrected chi connectivity index (χ0v) is 13.7. The van der Waals surface area contributed by atoms with Crippen molar-refractivity contribution in [3.63, 3.8) is 0 Å². The van der Waals surface area contributed by atoms with Crippen molar-refractivity contribution in [2.45, 2.75) is 17.6 Å². The lowest BCUT2D eigenvalue weighted by Gasteiger charge is -2.20. The molecule has 1 aromatic heterocycles. The molecule has 0 saturated heterocycles. The average Bonchev–Trinajstić information content (AvgIpc) is 2.77. The van der Waals surface area contributed by atoms with Crippen molar-refractivity contribution in [1.29, 1.82) is 0 Å².